The maximum atomic E-state index is 14.9. The Morgan fingerprint density at radius 2 is 1.69 bits per heavy atom. The molecule has 6 heteroatoms. The monoisotopic (exact) mass is 443 g/mol. The summed E-state index contributed by atoms with van der Waals surface area (Å²) in [4.78, 5) is 28.4. The van der Waals surface area contributed by atoms with Crippen molar-refractivity contribution in [1.82, 2.24) is 4.90 Å². The van der Waals surface area contributed by atoms with Crippen LogP contribution in [-0.2, 0) is 16.1 Å². The number of hydrogen-bond donors (Lipinski definition) is 1. The molecule has 0 saturated carbocycles. The normalized spacial score (nSPS) is 17.9. The first-order chi connectivity index (χ1) is 15.6. The molecule has 0 spiro atoms. The lowest BCUT2D eigenvalue weighted by atomic mass is 9.93. The van der Waals surface area contributed by atoms with E-state index in [2.05, 4.69) is 0 Å². The van der Waals surface area contributed by atoms with Crippen LogP contribution in [0.15, 0.2) is 89.8 Å². The van der Waals surface area contributed by atoms with Gasteiger partial charge in [0, 0.05) is 16.0 Å². The number of Topliss-reactive ketones (excluding diaryl/α,β-unsaturated/α-hetero) is 1. The number of nitrogens with zero attached hydrogens (tertiary/aromatic N) is 1. The van der Waals surface area contributed by atoms with E-state index in [1.807, 2.05) is 47.8 Å². The third-order valence-electron chi connectivity index (χ3n) is 5.69. The second-order valence-electron chi connectivity index (χ2n) is 7.55. The zero-order valence-corrected chi connectivity index (χ0v) is 17.7. The SMILES string of the molecule is O=C1C(=O)N(Cc2cccs2)C(c2ccccc2F)/C1=C(\O)c1cccc2ccccc12. The number of hydrogen-bond acceptors (Lipinski definition) is 4. The largest absolute Gasteiger partial charge is 0.507 e. The highest BCUT2D eigenvalue weighted by molar-refractivity contribution is 7.09. The van der Waals surface area contributed by atoms with Crippen molar-refractivity contribution in [2.75, 3.05) is 0 Å². The van der Waals surface area contributed by atoms with E-state index >= 15 is 0 Å². The molecular formula is C26H18FNO3S. The predicted octanol–water partition coefficient (Wildman–Crippen LogP) is 5.66. The molecule has 1 unspecified atom stereocenters. The van der Waals surface area contributed by atoms with E-state index in [9.17, 15) is 19.1 Å². The predicted molar refractivity (Wildman–Crippen MR) is 123 cm³/mol. The molecule has 1 N–H and O–H groups in total. The van der Waals surface area contributed by atoms with Crippen molar-refractivity contribution >= 4 is 39.6 Å². The number of aliphatic hydroxyl groups is 1. The van der Waals surface area contributed by atoms with E-state index < -0.39 is 23.5 Å². The third-order valence-corrected chi connectivity index (χ3v) is 6.55. The lowest BCUT2D eigenvalue weighted by Crippen LogP contribution is -2.29. The molecule has 0 radical (unpaired) electrons. The summed E-state index contributed by atoms with van der Waals surface area (Å²) in [7, 11) is 0. The zero-order chi connectivity index (χ0) is 22.2. The quantitative estimate of drug-likeness (QED) is 0.251. The molecule has 1 aliphatic rings. The van der Waals surface area contributed by atoms with Crippen LogP contribution in [0.3, 0.4) is 0 Å². The fraction of sp³-hybridized carbons (Fsp3) is 0.0769. The maximum absolute atomic E-state index is 14.9. The number of ketones is 1. The smallest absolute Gasteiger partial charge is 0.295 e. The molecule has 1 amide bonds. The first kappa shape index (κ1) is 20.2. The molecule has 158 valence electrons. The van der Waals surface area contributed by atoms with Crippen LogP contribution in [0.25, 0.3) is 16.5 Å². The van der Waals surface area contributed by atoms with Gasteiger partial charge in [0.15, 0.2) is 0 Å². The number of carbonyl (C=O) groups excluding carboxylic acids is 2. The lowest BCUT2D eigenvalue weighted by molar-refractivity contribution is -0.140. The Bertz CT molecular complexity index is 1370. The van der Waals surface area contributed by atoms with Gasteiger partial charge in [0.1, 0.15) is 11.6 Å². The number of amides is 1. The van der Waals surface area contributed by atoms with Crippen LogP contribution < -0.4 is 0 Å². The number of rotatable bonds is 4. The highest BCUT2D eigenvalue weighted by Gasteiger charge is 2.47. The van der Waals surface area contributed by atoms with E-state index in [4.69, 9.17) is 0 Å². The van der Waals surface area contributed by atoms with E-state index in [1.165, 1.54) is 22.3 Å². The van der Waals surface area contributed by atoms with Gasteiger partial charge >= 0.3 is 0 Å². The molecule has 1 aromatic heterocycles. The average molecular weight is 443 g/mol. The summed E-state index contributed by atoms with van der Waals surface area (Å²) in [5.74, 6) is -2.42. The van der Waals surface area contributed by atoms with Crippen LogP contribution in [-0.4, -0.2) is 21.7 Å². The summed E-state index contributed by atoms with van der Waals surface area (Å²) >= 11 is 1.44. The van der Waals surface area contributed by atoms with E-state index in [0.717, 1.165) is 15.6 Å². The molecule has 1 fully saturated rings. The van der Waals surface area contributed by atoms with Crippen molar-refractivity contribution in [2.45, 2.75) is 12.6 Å². The van der Waals surface area contributed by atoms with Crippen LogP contribution in [0.2, 0.25) is 0 Å². The molecule has 0 bridgehead atoms. The molecular weight excluding hydrogens is 425 g/mol. The molecule has 4 aromatic rings. The van der Waals surface area contributed by atoms with Crippen LogP contribution in [0.1, 0.15) is 22.0 Å². The van der Waals surface area contributed by atoms with Gasteiger partial charge in [-0.15, -0.1) is 11.3 Å². The van der Waals surface area contributed by atoms with Crippen molar-refractivity contribution in [3.05, 3.63) is 112 Å². The van der Waals surface area contributed by atoms with Crippen LogP contribution >= 0.6 is 11.3 Å². The Kier molecular flexibility index (Phi) is 5.07. The van der Waals surface area contributed by atoms with Gasteiger partial charge in [-0.25, -0.2) is 4.39 Å². The molecule has 32 heavy (non-hydrogen) atoms. The maximum Gasteiger partial charge on any atom is 0.295 e. The molecule has 3 aromatic carbocycles. The highest BCUT2D eigenvalue weighted by Crippen LogP contribution is 2.42. The van der Waals surface area contributed by atoms with E-state index in [1.54, 1.807) is 30.3 Å². The van der Waals surface area contributed by atoms with Crippen LogP contribution in [0.4, 0.5) is 4.39 Å². The Morgan fingerprint density at radius 3 is 2.47 bits per heavy atom. The topological polar surface area (TPSA) is 57.6 Å². The summed E-state index contributed by atoms with van der Waals surface area (Å²) in [6, 6.07) is 21.5. The molecule has 0 aliphatic carbocycles. The third kappa shape index (κ3) is 3.29. The van der Waals surface area contributed by atoms with Crippen LogP contribution in [0.5, 0.6) is 0 Å². The van der Waals surface area contributed by atoms with Gasteiger partial charge in [-0.1, -0.05) is 66.7 Å². The van der Waals surface area contributed by atoms with Crippen molar-refractivity contribution < 1.29 is 19.1 Å². The number of halogens is 1. The minimum absolute atomic E-state index is 0.104. The summed E-state index contributed by atoms with van der Waals surface area (Å²) in [6.07, 6.45) is 0. The van der Waals surface area contributed by atoms with Crippen molar-refractivity contribution in [2.24, 2.45) is 0 Å². The summed E-state index contributed by atoms with van der Waals surface area (Å²) in [6.45, 7) is 0.146. The van der Waals surface area contributed by atoms with Gasteiger partial charge < -0.3 is 10.0 Å². The Labute approximate surface area is 187 Å². The van der Waals surface area contributed by atoms with E-state index in [-0.39, 0.29) is 23.4 Å². The van der Waals surface area contributed by atoms with Gasteiger partial charge in [-0.3, -0.25) is 9.59 Å². The molecule has 2 heterocycles. The fourth-order valence-electron chi connectivity index (χ4n) is 4.21. The molecule has 1 atom stereocenters. The second kappa shape index (κ2) is 8.05. The summed E-state index contributed by atoms with van der Waals surface area (Å²) in [5.41, 5.74) is 0.497. The minimum Gasteiger partial charge on any atom is -0.507 e. The number of aliphatic hydroxyl groups excluding tert-OH is 1. The number of thiophene rings is 1. The Hall–Kier alpha value is -3.77. The van der Waals surface area contributed by atoms with Gasteiger partial charge in [-0.2, -0.15) is 0 Å². The molecule has 1 aliphatic heterocycles. The summed E-state index contributed by atoms with van der Waals surface area (Å²) < 4.78 is 14.9. The molecule has 1 saturated heterocycles. The number of benzene rings is 3. The Balaban J connectivity index is 1.74. The van der Waals surface area contributed by atoms with Crippen molar-refractivity contribution in [1.29, 1.82) is 0 Å². The average Bonchev–Trinajstić information content (AvgIpc) is 3.41. The van der Waals surface area contributed by atoms with Gasteiger partial charge in [0.05, 0.1) is 18.2 Å². The minimum atomic E-state index is -1.03. The summed E-state index contributed by atoms with van der Waals surface area (Å²) in [5, 5.41) is 14.8. The first-order valence-electron chi connectivity index (χ1n) is 10.1. The van der Waals surface area contributed by atoms with E-state index in [0.29, 0.717) is 5.56 Å². The van der Waals surface area contributed by atoms with Gasteiger partial charge in [-0.05, 0) is 28.3 Å². The van der Waals surface area contributed by atoms with Crippen molar-refractivity contribution in [3.8, 4) is 0 Å². The fourth-order valence-corrected chi connectivity index (χ4v) is 4.91. The number of fused-ring (bicyclic) bond motifs is 1. The first-order valence-corrected chi connectivity index (χ1v) is 11.0. The Morgan fingerprint density at radius 1 is 0.938 bits per heavy atom. The highest BCUT2D eigenvalue weighted by atomic mass is 32.1. The number of carbonyl (C=O) groups is 2. The molecule has 5 rings (SSSR count). The molecule has 4 nitrogen and oxygen atoms in total. The standard InChI is InChI=1S/C26H18FNO3S/c27-21-13-4-3-11-20(21)23-22(25(30)26(31)28(23)15-17-9-6-14-32-17)24(29)19-12-5-8-16-7-1-2-10-18(16)19/h1-14,23,29H,15H2/b24-22+. The van der Waals surface area contributed by atoms with Gasteiger partial charge in [0.25, 0.3) is 11.7 Å². The van der Waals surface area contributed by atoms with Gasteiger partial charge in [0.2, 0.25) is 0 Å². The van der Waals surface area contributed by atoms with Crippen molar-refractivity contribution in [3.63, 3.8) is 0 Å². The zero-order valence-electron chi connectivity index (χ0n) is 16.9. The van der Waals surface area contributed by atoms with Crippen LogP contribution in [0, 0.1) is 5.82 Å². The number of likely N-dealkylation sites (tertiary alicyclic amines) is 1. The lowest BCUT2D eigenvalue weighted by Gasteiger charge is -2.25. The second-order valence-corrected chi connectivity index (χ2v) is 8.59.